The molecule has 2 rings (SSSR count). The number of hydrogen-bond donors (Lipinski definition) is 1. The van der Waals surface area contributed by atoms with Crippen LogP contribution in [0, 0.1) is 19.7 Å². The predicted octanol–water partition coefficient (Wildman–Crippen LogP) is 4.31. The van der Waals surface area contributed by atoms with Crippen molar-refractivity contribution >= 4 is 27.3 Å². The highest BCUT2D eigenvalue weighted by molar-refractivity contribution is 9.10. The maximum atomic E-state index is 13.3. The molecule has 1 heterocycles. The maximum absolute atomic E-state index is 13.3. The van der Waals surface area contributed by atoms with E-state index in [0.29, 0.717) is 0 Å². The summed E-state index contributed by atoms with van der Waals surface area (Å²) in [5.41, 5.74) is 8.06. The first-order valence-corrected chi connectivity index (χ1v) is 6.87. The van der Waals surface area contributed by atoms with Crippen molar-refractivity contribution in [2.24, 2.45) is 5.73 Å². The average molecular weight is 314 g/mol. The fourth-order valence-electron chi connectivity index (χ4n) is 1.88. The van der Waals surface area contributed by atoms with Crippen molar-refractivity contribution in [3.05, 3.63) is 55.4 Å². The Balaban J connectivity index is 2.46. The lowest BCUT2D eigenvalue weighted by Gasteiger charge is -2.14. The van der Waals surface area contributed by atoms with Gasteiger partial charge in [-0.3, -0.25) is 0 Å². The summed E-state index contributed by atoms with van der Waals surface area (Å²) >= 11 is 5.13. The molecule has 1 unspecified atom stereocenters. The Morgan fingerprint density at radius 3 is 2.53 bits per heavy atom. The fourth-order valence-corrected chi connectivity index (χ4v) is 3.35. The lowest BCUT2D eigenvalue weighted by molar-refractivity contribution is 0.623. The van der Waals surface area contributed by atoms with Gasteiger partial charge in [-0.05, 0) is 49.2 Å². The summed E-state index contributed by atoms with van der Waals surface area (Å²) in [6, 6.07) is 6.39. The smallest absolute Gasteiger partial charge is 0.123 e. The Bertz CT molecular complexity index is 550. The second-order valence-corrected chi connectivity index (χ2v) is 6.33. The minimum atomic E-state index is -0.287. The van der Waals surface area contributed by atoms with E-state index in [9.17, 15) is 4.39 Å². The SMILES string of the molecule is Cc1cc(C(N)c2cc(F)ccc2Br)c(C)s1. The average Bonchev–Trinajstić information content (AvgIpc) is 2.60. The van der Waals surface area contributed by atoms with Gasteiger partial charge in [0.15, 0.2) is 0 Å². The fraction of sp³-hybridized carbons (Fsp3) is 0.231. The molecule has 90 valence electrons. The first-order chi connectivity index (χ1) is 7.99. The Morgan fingerprint density at radius 1 is 1.24 bits per heavy atom. The van der Waals surface area contributed by atoms with E-state index in [1.54, 1.807) is 17.4 Å². The quantitative estimate of drug-likeness (QED) is 0.878. The van der Waals surface area contributed by atoms with E-state index in [1.807, 2.05) is 6.92 Å². The van der Waals surface area contributed by atoms with E-state index >= 15 is 0 Å². The van der Waals surface area contributed by atoms with E-state index in [1.165, 1.54) is 21.9 Å². The summed E-state index contributed by atoms with van der Waals surface area (Å²) in [4.78, 5) is 2.41. The lowest BCUT2D eigenvalue weighted by atomic mass is 10.00. The maximum Gasteiger partial charge on any atom is 0.123 e. The second-order valence-electron chi connectivity index (χ2n) is 4.01. The Hall–Kier alpha value is -0.710. The Kier molecular flexibility index (Phi) is 3.66. The van der Waals surface area contributed by atoms with Crippen molar-refractivity contribution in [1.82, 2.24) is 0 Å². The molecule has 1 atom stereocenters. The number of benzene rings is 1. The third-order valence-electron chi connectivity index (χ3n) is 2.71. The molecule has 0 fully saturated rings. The van der Waals surface area contributed by atoms with Gasteiger partial charge in [0.25, 0.3) is 0 Å². The number of thiophene rings is 1. The monoisotopic (exact) mass is 313 g/mol. The molecule has 0 aliphatic carbocycles. The lowest BCUT2D eigenvalue weighted by Crippen LogP contribution is -2.13. The van der Waals surface area contributed by atoms with Gasteiger partial charge in [0.2, 0.25) is 0 Å². The highest BCUT2D eigenvalue weighted by Gasteiger charge is 2.16. The number of hydrogen-bond acceptors (Lipinski definition) is 2. The molecule has 0 amide bonds. The van der Waals surface area contributed by atoms with Gasteiger partial charge in [0.05, 0.1) is 6.04 Å². The molecule has 2 aromatic rings. The predicted molar refractivity (Wildman–Crippen MR) is 73.9 cm³/mol. The molecular weight excluding hydrogens is 301 g/mol. The molecule has 4 heteroatoms. The zero-order valence-corrected chi connectivity index (χ0v) is 12.0. The van der Waals surface area contributed by atoms with Crippen LogP contribution in [0.15, 0.2) is 28.7 Å². The van der Waals surface area contributed by atoms with E-state index in [2.05, 4.69) is 28.9 Å². The van der Waals surface area contributed by atoms with Crippen LogP contribution in [0.5, 0.6) is 0 Å². The highest BCUT2D eigenvalue weighted by atomic mass is 79.9. The van der Waals surface area contributed by atoms with Crippen LogP contribution >= 0.6 is 27.3 Å². The molecule has 0 aliphatic rings. The summed E-state index contributed by atoms with van der Waals surface area (Å²) < 4.78 is 14.1. The van der Waals surface area contributed by atoms with E-state index in [-0.39, 0.29) is 11.9 Å². The molecule has 1 aromatic heterocycles. The van der Waals surface area contributed by atoms with Crippen LogP contribution < -0.4 is 5.73 Å². The van der Waals surface area contributed by atoms with E-state index in [0.717, 1.165) is 15.6 Å². The topological polar surface area (TPSA) is 26.0 Å². The molecule has 0 spiro atoms. The van der Waals surface area contributed by atoms with Gasteiger partial charge < -0.3 is 5.73 Å². The van der Waals surface area contributed by atoms with Crippen molar-refractivity contribution in [2.45, 2.75) is 19.9 Å². The molecule has 0 radical (unpaired) electrons. The van der Waals surface area contributed by atoms with Crippen LogP contribution in [0.3, 0.4) is 0 Å². The summed E-state index contributed by atoms with van der Waals surface area (Å²) in [5, 5.41) is 0. The number of rotatable bonds is 2. The molecule has 1 aromatic carbocycles. The third-order valence-corrected chi connectivity index (χ3v) is 4.41. The number of nitrogens with two attached hydrogens (primary N) is 1. The van der Waals surface area contributed by atoms with Gasteiger partial charge in [-0.1, -0.05) is 15.9 Å². The van der Waals surface area contributed by atoms with Crippen LogP contribution in [0.1, 0.15) is 26.9 Å². The Morgan fingerprint density at radius 2 is 1.94 bits per heavy atom. The molecule has 0 bridgehead atoms. The molecule has 1 nitrogen and oxygen atoms in total. The summed E-state index contributed by atoms with van der Waals surface area (Å²) in [6.07, 6.45) is 0. The minimum Gasteiger partial charge on any atom is -0.320 e. The standard InChI is InChI=1S/C13H13BrFNS/c1-7-5-10(8(2)17-7)13(16)11-6-9(15)3-4-12(11)14/h3-6,13H,16H2,1-2H3. The third kappa shape index (κ3) is 2.59. The van der Waals surface area contributed by atoms with Gasteiger partial charge in [-0.2, -0.15) is 0 Å². The van der Waals surface area contributed by atoms with E-state index < -0.39 is 0 Å². The number of halogens is 2. The molecule has 17 heavy (non-hydrogen) atoms. The molecule has 2 N–H and O–H groups in total. The van der Waals surface area contributed by atoms with Gasteiger partial charge in [0.1, 0.15) is 5.82 Å². The largest absolute Gasteiger partial charge is 0.320 e. The van der Waals surface area contributed by atoms with Gasteiger partial charge in [-0.15, -0.1) is 11.3 Å². The van der Waals surface area contributed by atoms with Gasteiger partial charge in [0, 0.05) is 14.2 Å². The van der Waals surface area contributed by atoms with Crippen LogP contribution in [0.25, 0.3) is 0 Å². The van der Waals surface area contributed by atoms with Crippen LogP contribution in [-0.4, -0.2) is 0 Å². The van der Waals surface area contributed by atoms with Crippen LogP contribution in [0.2, 0.25) is 0 Å². The number of aryl methyl sites for hydroxylation is 2. The van der Waals surface area contributed by atoms with Gasteiger partial charge in [-0.25, -0.2) is 4.39 Å². The van der Waals surface area contributed by atoms with Crippen molar-refractivity contribution in [3.63, 3.8) is 0 Å². The van der Waals surface area contributed by atoms with Crippen molar-refractivity contribution in [1.29, 1.82) is 0 Å². The minimum absolute atomic E-state index is 0.261. The molecule has 0 aliphatic heterocycles. The molecule has 0 saturated carbocycles. The normalized spacial score (nSPS) is 12.8. The summed E-state index contributed by atoms with van der Waals surface area (Å²) in [5.74, 6) is -0.261. The summed E-state index contributed by atoms with van der Waals surface area (Å²) in [7, 11) is 0. The Labute approximate surface area is 113 Å². The zero-order valence-electron chi connectivity index (χ0n) is 9.63. The molecule has 0 saturated heterocycles. The van der Waals surface area contributed by atoms with E-state index in [4.69, 9.17) is 5.73 Å². The van der Waals surface area contributed by atoms with Crippen molar-refractivity contribution in [2.75, 3.05) is 0 Å². The van der Waals surface area contributed by atoms with Crippen LogP contribution in [-0.2, 0) is 0 Å². The zero-order chi connectivity index (χ0) is 12.6. The molecular formula is C13H13BrFNS. The highest BCUT2D eigenvalue weighted by Crippen LogP contribution is 2.32. The van der Waals surface area contributed by atoms with Crippen molar-refractivity contribution < 1.29 is 4.39 Å². The second kappa shape index (κ2) is 4.88. The van der Waals surface area contributed by atoms with Gasteiger partial charge >= 0.3 is 0 Å². The summed E-state index contributed by atoms with van der Waals surface area (Å²) in [6.45, 7) is 4.09. The van der Waals surface area contributed by atoms with Crippen molar-refractivity contribution in [3.8, 4) is 0 Å². The first-order valence-electron chi connectivity index (χ1n) is 5.26. The van der Waals surface area contributed by atoms with Crippen LogP contribution in [0.4, 0.5) is 4.39 Å². The first kappa shape index (κ1) is 12.7.